The van der Waals surface area contributed by atoms with Crippen LogP contribution in [0.25, 0.3) is 0 Å². The van der Waals surface area contributed by atoms with Crippen LogP contribution in [0.1, 0.15) is 15.9 Å². The van der Waals surface area contributed by atoms with Gasteiger partial charge in [-0.25, -0.2) is 0 Å². The van der Waals surface area contributed by atoms with Gasteiger partial charge in [0, 0.05) is 12.3 Å². The minimum Gasteiger partial charge on any atom is -0.488 e. The highest BCUT2D eigenvalue weighted by Gasteiger charge is 2.16. The molecule has 0 spiro atoms. The van der Waals surface area contributed by atoms with Crippen LogP contribution in [0.5, 0.6) is 5.75 Å². The van der Waals surface area contributed by atoms with Gasteiger partial charge >= 0.3 is 0 Å². The summed E-state index contributed by atoms with van der Waals surface area (Å²) in [5.41, 5.74) is 1.30. The Kier molecular flexibility index (Phi) is 5.19. The van der Waals surface area contributed by atoms with E-state index in [0.717, 1.165) is 0 Å². The van der Waals surface area contributed by atoms with Gasteiger partial charge in [0.15, 0.2) is 0 Å². The SMILES string of the molecule is O=C(Nc1cccnc1)c1ccccc1OCc1ccccc1[N+](=O)[O-]. The minimum absolute atomic E-state index is 0.0195. The highest BCUT2D eigenvalue weighted by molar-refractivity contribution is 6.06. The molecule has 2 aromatic carbocycles. The van der Waals surface area contributed by atoms with Crippen LogP contribution in [0, 0.1) is 10.1 Å². The second-order valence-electron chi connectivity index (χ2n) is 5.37. The second-order valence-corrected chi connectivity index (χ2v) is 5.37. The summed E-state index contributed by atoms with van der Waals surface area (Å²) in [6.07, 6.45) is 3.15. The van der Waals surface area contributed by atoms with E-state index in [2.05, 4.69) is 10.3 Å². The van der Waals surface area contributed by atoms with Crippen molar-refractivity contribution >= 4 is 17.3 Å². The Labute approximate surface area is 149 Å². The molecule has 1 amide bonds. The van der Waals surface area contributed by atoms with Crippen LogP contribution in [-0.4, -0.2) is 15.8 Å². The van der Waals surface area contributed by atoms with Gasteiger partial charge in [-0.2, -0.15) is 0 Å². The lowest BCUT2D eigenvalue weighted by atomic mass is 10.1. The molecule has 1 heterocycles. The van der Waals surface area contributed by atoms with Gasteiger partial charge in [-0.1, -0.05) is 24.3 Å². The van der Waals surface area contributed by atoms with Gasteiger partial charge in [0.25, 0.3) is 11.6 Å². The number of rotatable bonds is 6. The van der Waals surface area contributed by atoms with Gasteiger partial charge in [0.05, 0.1) is 27.9 Å². The number of benzene rings is 2. The predicted molar refractivity (Wildman–Crippen MR) is 96.1 cm³/mol. The average molecular weight is 349 g/mol. The number of hydrogen-bond donors (Lipinski definition) is 1. The van der Waals surface area contributed by atoms with E-state index in [9.17, 15) is 14.9 Å². The van der Waals surface area contributed by atoms with Crippen molar-refractivity contribution in [1.82, 2.24) is 4.98 Å². The molecule has 0 unspecified atom stereocenters. The van der Waals surface area contributed by atoms with E-state index in [1.165, 1.54) is 12.3 Å². The molecule has 1 N–H and O–H groups in total. The van der Waals surface area contributed by atoms with Crippen LogP contribution in [-0.2, 0) is 6.61 Å². The van der Waals surface area contributed by atoms with Crippen molar-refractivity contribution in [3.63, 3.8) is 0 Å². The van der Waals surface area contributed by atoms with Crippen molar-refractivity contribution in [2.45, 2.75) is 6.61 Å². The van der Waals surface area contributed by atoms with Crippen LogP contribution >= 0.6 is 0 Å². The molecule has 7 nitrogen and oxygen atoms in total. The molecule has 3 aromatic rings. The summed E-state index contributed by atoms with van der Waals surface area (Å²) in [6, 6.07) is 16.5. The molecule has 26 heavy (non-hydrogen) atoms. The van der Waals surface area contributed by atoms with E-state index in [-0.39, 0.29) is 18.2 Å². The number of para-hydroxylation sites is 2. The zero-order valence-electron chi connectivity index (χ0n) is 13.7. The molecule has 1 aromatic heterocycles. The minimum atomic E-state index is -0.459. The maximum absolute atomic E-state index is 12.5. The number of pyridine rings is 1. The van der Waals surface area contributed by atoms with Gasteiger partial charge in [0.2, 0.25) is 0 Å². The Morgan fingerprint density at radius 3 is 2.62 bits per heavy atom. The van der Waals surface area contributed by atoms with Crippen molar-refractivity contribution in [2.24, 2.45) is 0 Å². The number of nitro benzene ring substituents is 1. The summed E-state index contributed by atoms with van der Waals surface area (Å²) < 4.78 is 5.69. The first kappa shape index (κ1) is 17.1. The number of carbonyl (C=O) groups excluding carboxylic acids is 1. The number of nitrogens with zero attached hydrogens (tertiary/aromatic N) is 2. The van der Waals surface area contributed by atoms with Gasteiger partial charge in [-0.3, -0.25) is 19.9 Å². The van der Waals surface area contributed by atoms with E-state index in [1.54, 1.807) is 60.8 Å². The lowest BCUT2D eigenvalue weighted by Gasteiger charge is -2.12. The standard InChI is InChI=1S/C19H15N3O4/c23-19(21-15-7-5-11-20-12-15)16-8-2-4-10-18(16)26-13-14-6-1-3-9-17(14)22(24)25/h1-12H,13H2,(H,21,23). The highest BCUT2D eigenvalue weighted by atomic mass is 16.6. The molecule has 0 atom stereocenters. The van der Waals surface area contributed by atoms with Gasteiger partial charge < -0.3 is 10.1 Å². The molecule has 0 saturated carbocycles. The Bertz CT molecular complexity index is 929. The summed E-state index contributed by atoms with van der Waals surface area (Å²) in [4.78, 5) is 27.1. The van der Waals surface area contributed by atoms with Crippen LogP contribution in [0.4, 0.5) is 11.4 Å². The number of hydrogen-bond acceptors (Lipinski definition) is 5. The van der Waals surface area contributed by atoms with Gasteiger partial charge in [-0.15, -0.1) is 0 Å². The third-order valence-electron chi connectivity index (χ3n) is 3.62. The number of amides is 1. The largest absolute Gasteiger partial charge is 0.488 e. The number of nitro groups is 1. The van der Waals surface area contributed by atoms with Crippen molar-refractivity contribution in [1.29, 1.82) is 0 Å². The van der Waals surface area contributed by atoms with Crippen molar-refractivity contribution in [3.8, 4) is 5.75 Å². The first-order valence-electron chi connectivity index (χ1n) is 7.80. The smallest absolute Gasteiger partial charge is 0.276 e. The lowest BCUT2D eigenvalue weighted by molar-refractivity contribution is -0.385. The Hall–Kier alpha value is -3.74. The topological polar surface area (TPSA) is 94.4 Å². The zero-order valence-corrected chi connectivity index (χ0v) is 13.7. The van der Waals surface area contributed by atoms with E-state index in [0.29, 0.717) is 22.6 Å². The Morgan fingerprint density at radius 2 is 1.85 bits per heavy atom. The Balaban J connectivity index is 1.78. The number of nitrogens with one attached hydrogen (secondary N) is 1. The maximum atomic E-state index is 12.5. The normalized spacial score (nSPS) is 10.2. The average Bonchev–Trinajstić information content (AvgIpc) is 2.67. The first-order chi connectivity index (χ1) is 12.6. The molecule has 3 rings (SSSR count). The third kappa shape index (κ3) is 4.02. The van der Waals surface area contributed by atoms with Crippen LogP contribution in [0.3, 0.4) is 0 Å². The molecule has 0 saturated heterocycles. The molecule has 0 aliphatic carbocycles. The molecule has 0 aliphatic heterocycles. The fourth-order valence-electron chi connectivity index (χ4n) is 2.38. The Morgan fingerprint density at radius 1 is 1.08 bits per heavy atom. The zero-order chi connectivity index (χ0) is 18.4. The summed E-state index contributed by atoms with van der Waals surface area (Å²) in [5, 5.41) is 13.8. The third-order valence-corrected chi connectivity index (χ3v) is 3.62. The number of carbonyl (C=O) groups is 1. The molecule has 7 heteroatoms. The molecule has 0 bridgehead atoms. The van der Waals surface area contributed by atoms with E-state index >= 15 is 0 Å². The first-order valence-corrected chi connectivity index (χ1v) is 7.80. The van der Waals surface area contributed by atoms with E-state index in [1.807, 2.05) is 0 Å². The number of aromatic nitrogens is 1. The number of anilines is 1. The van der Waals surface area contributed by atoms with Crippen LogP contribution in [0.15, 0.2) is 73.1 Å². The van der Waals surface area contributed by atoms with Gasteiger partial charge in [-0.05, 0) is 30.3 Å². The molecular weight excluding hydrogens is 334 g/mol. The number of ether oxygens (including phenoxy) is 1. The van der Waals surface area contributed by atoms with Gasteiger partial charge in [0.1, 0.15) is 12.4 Å². The highest BCUT2D eigenvalue weighted by Crippen LogP contribution is 2.23. The summed E-state index contributed by atoms with van der Waals surface area (Å²) in [5.74, 6) is -0.0109. The fraction of sp³-hybridized carbons (Fsp3) is 0.0526. The van der Waals surface area contributed by atoms with Crippen LogP contribution in [0.2, 0.25) is 0 Å². The van der Waals surface area contributed by atoms with E-state index in [4.69, 9.17) is 4.74 Å². The summed E-state index contributed by atoms with van der Waals surface area (Å²) in [7, 11) is 0. The maximum Gasteiger partial charge on any atom is 0.276 e. The summed E-state index contributed by atoms with van der Waals surface area (Å²) in [6.45, 7) is -0.0195. The molecule has 130 valence electrons. The summed E-state index contributed by atoms with van der Waals surface area (Å²) >= 11 is 0. The fourth-order valence-corrected chi connectivity index (χ4v) is 2.38. The van der Waals surface area contributed by atoms with Crippen molar-refractivity contribution < 1.29 is 14.5 Å². The molecule has 0 fully saturated rings. The van der Waals surface area contributed by atoms with Crippen molar-refractivity contribution in [3.05, 3.63) is 94.3 Å². The van der Waals surface area contributed by atoms with E-state index < -0.39 is 4.92 Å². The monoisotopic (exact) mass is 349 g/mol. The molecular formula is C19H15N3O4. The molecule has 0 radical (unpaired) electrons. The molecule has 0 aliphatic rings. The van der Waals surface area contributed by atoms with Crippen molar-refractivity contribution in [2.75, 3.05) is 5.32 Å². The second kappa shape index (κ2) is 7.89. The predicted octanol–water partition coefficient (Wildman–Crippen LogP) is 3.82. The van der Waals surface area contributed by atoms with Crippen LogP contribution < -0.4 is 10.1 Å². The quantitative estimate of drug-likeness (QED) is 0.539. The lowest BCUT2D eigenvalue weighted by Crippen LogP contribution is -2.14.